The van der Waals surface area contributed by atoms with E-state index in [2.05, 4.69) is 63.8 Å². The Balaban J connectivity index is 3.40. The lowest BCUT2D eigenvalue weighted by Gasteiger charge is -2.30. The number of hydrogen-bond donors (Lipinski definition) is 20. The number of phenolic OH excluding ortho intramolecular Hbond substituents is 1. The summed E-state index contributed by atoms with van der Waals surface area (Å²) in [5, 5.41) is 62.1. The van der Waals surface area contributed by atoms with Crippen LogP contribution >= 0.6 is 0 Å². The Kier molecular flexibility index (Phi) is 44.0. The molecule has 0 heterocycles. The highest BCUT2D eigenvalue weighted by atomic mass is 16.4. The van der Waals surface area contributed by atoms with Crippen molar-refractivity contribution in [3.63, 3.8) is 0 Å². The molecular weight excluding hydrogens is 1330 g/mol. The van der Waals surface area contributed by atoms with Crippen LogP contribution in [-0.2, 0) is 68.7 Å². The topological polar surface area (TPSA) is 557 Å². The van der Waals surface area contributed by atoms with E-state index in [1.54, 1.807) is 69.2 Å². The number of aliphatic hydroxyl groups excluding tert-OH is 1. The van der Waals surface area contributed by atoms with Gasteiger partial charge in [0.25, 0.3) is 0 Å². The highest BCUT2D eigenvalue weighted by Gasteiger charge is 2.39. The van der Waals surface area contributed by atoms with Gasteiger partial charge in [-0.25, -0.2) is 4.79 Å². The fraction of sp³-hybridized carbons (Fsp3) is 0.729. The predicted molar refractivity (Wildman–Crippen MR) is 389 cm³/mol. The number of phenols is 1. The lowest BCUT2D eigenvalue weighted by molar-refractivity contribution is -0.143. The first-order chi connectivity index (χ1) is 48.3. The van der Waals surface area contributed by atoms with Gasteiger partial charge in [0.15, 0.2) is 0 Å². The zero-order valence-corrected chi connectivity index (χ0v) is 62.7. The summed E-state index contributed by atoms with van der Waals surface area (Å²) in [6.45, 7) is 22.0. The Morgan fingerprint density at radius 2 is 0.631 bits per heavy atom. The van der Waals surface area contributed by atoms with Gasteiger partial charge in [0.1, 0.15) is 78.3 Å². The SMILES string of the molecule is CC(C)C[C@H](NC(=O)[C@H](Cc1ccc(O)cc1)NC(=O)[C@@H](NC(=O)[C@H](C)NC(=O)[C@H](C)NC(=O)[C@@H](NC(=O)[C@@H](NC(=O)[C@H](CCCCN)NC(=O)[C@H](CCCCN)NC(=O)[C@H](CCCCN)NC(=O)[C@@H](N)CCCCN)C(C)C)C(C)C)[C@@H](C)O)C(=O)N[C@@H](CC(C)C)C(=O)N[C@H](C(=O)O)C(C)C. The van der Waals surface area contributed by atoms with Crippen molar-refractivity contribution in [1.29, 1.82) is 0 Å². The molecule has 0 unspecified atom stereocenters. The number of carbonyl (C=O) groups is 13. The third kappa shape index (κ3) is 35.3. The summed E-state index contributed by atoms with van der Waals surface area (Å²) in [6, 6.07) is -11.3. The second-order valence-corrected chi connectivity index (χ2v) is 28.5. The Morgan fingerprint density at radius 3 is 1.02 bits per heavy atom. The zero-order valence-electron chi connectivity index (χ0n) is 62.7. The van der Waals surface area contributed by atoms with Gasteiger partial charge in [0.2, 0.25) is 70.9 Å². The third-order valence-corrected chi connectivity index (χ3v) is 17.0. The van der Waals surface area contributed by atoms with Gasteiger partial charge >= 0.3 is 5.97 Å². The number of carboxylic acids is 1. The molecule has 0 saturated carbocycles. The van der Waals surface area contributed by atoms with Crippen LogP contribution in [0.15, 0.2) is 24.3 Å². The molecule has 0 aliphatic carbocycles. The number of benzene rings is 1. The molecule has 0 aliphatic rings. The molecule has 0 saturated heterocycles. The van der Waals surface area contributed by atoms with E-state index in [0.29, 0.717) is 76.4 Å². The van der Waals surface area contributed by atoms with Crippen molar-refractivity contribution in [2.24, 2.45) is 58.3 Å². The van der Waals surface area contributed by atoms with E-state index in [9.17, 15) is 77.6 Å². The number of nitrogens with one attached hydrogen (secondary N) is 12. The van der Waals surface area contributed by atoms with Crippen molar-refractivity contribution < 1.29 is 77.6 Å². The van der Waals surface area contributed by atoms with E-state index >= 15 is 0 Å². The fourth-order valence-electron chi connectivity index (χ4n) is 10.8. The Hall–Kier alpha value is -8.11. The average Bonchev–Trinajstić information content (AvgIpc) is 0.853. The van der Waals surface area contributed by atoms with Gasteiger partial charge in [0, 0.05) is 6.42 Å². The fourth-order valence-corrected chi connectivity index (χ4v) is 10.8. The maximum atomic E-state index is 14.4. The van der Waals surface area contributed by atoms with Gasteiger partial charge < -0.3 is 108 Å². The van der Waals surface area contributed by atoms with Gasteiger partial charge in [-0.15, -0.1) is 0 Å². The number of carboxylic acid groups (broad SMARTS) is 1. The molecule has 0 radical (unpaired) electrons. The van der Waals surface area contributed by atoms with Crippen LogP contribution in [0, 0.1) is 29.6 Å². The highest BCUT2D eigenvalue weighted by molar-refractivity contribution is 6.00. The van der Waals surface area contributed by atoms with Crippen molar-refractivity contribution in [3.8, 4) is 5.75 Å². The second kappa shape index (κ2) is 48.8. The van der Waals surface area contributed by atoms with Crippen molar-refractivity contribution in [3.05, 3.63) is 29.8 Å². The number of nitrogens with two attached hydrogens (primary N) is 5. The van der Waals surface area contributed by atoms with Crippen molar-refractivity contribution in [2.75, 3.05) is 26.2 Å². The van der Waals surface area contributed by atoms with Crippen LogP contribution < -0.4 is 92.5 Å². The van der Waals surface area contributed by atoms with Crippen LogP contribution in [-0.4, -0.2) is 203 Å². The summed E-state index contributed by atoms with van der Waals surface area (Å²) in [6.07, 6.45) is 2.98. The average molecular weight is 1460 g/mol. The van der Waals surface area contributed by atoms with Crippen LogP contribution in [0.2, 0.25) is 0 Å². The smallest absolute Gasteiger partial charge is 0.326 e. The molecule has 33 nitrogen and oxygen atoms in total. The molecule has 1 aromatic rings. The first kappa shape index (κ1) is 92.9. The molecule has 1 aromatic carbocycles. The van der Waals surface area contributed by atoms with Gasteiger partial charge in [-0.05, 0) is 178 Å². The zero-order chi connectivity index (χ0) is 78.4. The summed E-state index contributed by atoms with van der Waals surface area (Å²) < 4.78 is 0. The Bertz CT molecular complexity index is 2860. The number of aromatic hydroxyl groups is 1. The normalized spacial score (nSPS) is 15.6. The lowest BCUT2D eigenvalue weighted by atomic mass is 9.98. The maximum absolute atomic E-state index is 14.4. The van der Waals surface area contributed by atoms with Crippen LogP contribution in [0.4, 0.5) is 0 Å². The molecule has 0 fully saturated rings. The lowest BCUT2D eigenvalue weighted by Crippen LogP contribution is -2.62. The number of aliphatic carboxylic acids is 1. The van der Waals surface area contributed by atoms with E-state index in [1.165, 1.54) is 45.0 Å². The van der Waals surface area contributed by atoms with Crippen molar-refractivity contribution in [1.82, 2.24) is 63.8 Å². The van der Waals surface area contributed by atoms with E-state index in [0.717, 1.165) is 0 Å². The minimum absolute atomic E-state index is 0.0373. The summed E-state index contributed by atoms with van der Waals surface area (Å²) in [5.74, 6) is -13.2. The van der Waals surface area contributed by atoms with E-state index in [-0.39, 0.29) is 69.2 Å². The molecule has 0 aromatic heterocycles. The number of amides is 12. The van der Waals surface area contributed by atoms with Crippen molar-refractivity contribution >= 4 is 76.9 Å². The van der Waals surface area contributed by atoms with Crippen LogP contribution in [0.5, 0.6) is 5.75 Å². The van der Waals surface area contributed by atoms with Gasteiger partial charge in [0.05, 0.1) is 12.1 Å². The third-order valence-electron chi connectivity index (χ3n) is 17.0. The number of carbonyl (C=O) groups excluding carboxylic acids is 12. The standard InChI is InChI=1S/C70H125N17O16/c1-37(2)34-51(64(96)82-52(35-38(3)4)66(98)86-56(41(9)10)70(102)103)81-65(97)53(36-45-26-28-46(89)29-27-45)83-69(101)57(44(13)88)87-59(91)43(12)76-58(90)42(11)77-67(99)54(39(5)6)85-68(100)55(40(7)8)84-63(95)50(25-17-21-33-74)80-62(94)49(24-16-20-32-73)79-61(93)48(23-15-19-31-72)78-60(92)47(75)22-14-18-30-71/h26-29,37-44,47-57,88-89H,14-25,30-36,71-75H2,1-13H3,(H,76,90)(H,77,99)(H,78,92)(H,79,93)(H,80,94)(H,81,97)(H,82,96)(H,83,101)(H,84,95)(H,85,100)(H,86,98)(H,87,91)(H,102,103)/t42-,43-,44+,47-,48-,49-,50-,51-,52-,53-,54-,55-,56-,57-/m0/s1. The summed E-state index contributed by atoms with van der Waals surface area (Å²) in [4.78, 5) is 180. The van der Waals surface area contributed by atoms with Crippen LogP contribution in [0.25, 0.3) is 0 Å². The highest BCUT2D eigenvalue weighted by Crippen LogP contribution is 2.17. The minimum atomic E-state index is -1.77. The maximum Gasteiger partial charge on any atom is 0.326 e. The number of hydrogen-bond acceptors (Lipinski definition) is 20. The van der Waals surface area contributed by atoms with Gasteiger partial charge in [-0.1, -0.05) is 87.8 Å². The molecule has 0 spiro atoms. The molecule has 14 atom stereocenters. The molecular formula is C70H125N17O16. The summed E-state index contributed by atoms with van der Waals surface area (Å²) >= 11 is 0. The number of unbranched alkanes of at least 4 members (excludes halogenated alkanes) is 4. The Labute approximate surface area is 607 Å². The first-order valence-electron chi connectivity index (χ1n) is 36.2. The molecule has 0 bridgehead atoms. The van der Waals surface area contributed by atoms with Gasteiger partial charge in [-0.2, -0.15) is 0 Å². The molecule has 103 heavy (non-hydrogen) atoms. The first-order valence-corrected chi connectivity index (χ1v) is 36.2. The number of aliphatic hydroxyl groups is 1. The summed E-state index contributed by atoms with van der Waals surface area (Å²) in [5.41, 5.74) is 29.5. The second-order valence-electron chi connectivity index (χ2n) is 28.5. The van der Waals surface area contributed by atoms with E-state index in [4.69, 9.17) is 28.7 Å². The largest absolute Gasteiger partial charge is 0.508 e. The van der Waals surface area contributed by atoms with E-state index < -0.39 is 179 Å². The van der Waals surface area contributed by atoms with Crippen LogP contribution in [0.1, 0.15) is 185 Å². The molecule has 33 heteroatoms. The molecule has 1 rings (SSSR count). The predicted octanol–water partition coefficient (Wildman–Crippen LogP) is -1.84. The Morgan fingerprint density at radius 1 is 0.340 bits per heavy atom. The van der Waals surface area contributed by atoms with Crippen molar-refractivity contribution in [2.45, 2.75) is 271 Å². The molecule has 0 aliphatic heterocycles. The molecule has 586 valence electrons. The molecule has 25 N–H and O–H groups in total. The quantitative estimate of drug-likeness (QED) is 0.0319. The minimum Gasteiger partial charge on any atom is -0.508 e. The van der Waals surface area contributed by atoms with Gasteiger partial charge in [-0.3, -0.25) is 57.5 Å². The number of rotatable bonds is 51. The summed E-state index contributed by atoms with van der Waals surface area (Å²) in [7, 11) is 0. The van der Waals surface area contributed by atoms with Crippen LogP contribution in [0.3, 0.4) is 0 Å². The monoisotopic (exact) mass is 1460 g/mol. The van der Waals surface area contributed by atoms with E-state index in [1.807, 2.05) is 0 Å². The molecule has 12 amide bonds.